The first kappa shape index (κ1) is 21.5. The highest BCUT2D eigenvalue weighted by Gasteiger charge is 2.56. The van der Waals surface area contributed by atoms with Crippen LogP contribution in [0.25, 0.3) is 0 Å². The predicted octanol–water partition coefficient (Wildman–Crippen LogP) is 2.88. The summed E-state index contributed by atoms with van der Waals surface area (Å²) in [5.74, 6) is -1.50. The summed E-state index contributed by atoms with van der Waals surface area (Å²) in [5.41, 5.74) is -1.67. The molecule has 0 aliphatic carbocycles. The van der Waals surface area contributed by atoms with Crippen LogP contribution >= 0.6 is 0 Å². The zero-order valence-electron chi connectivity index (χ0n) is 15.2. The lowest BCUT2D eigenvalue weighted by molar-refractivity contribution is -0.241. The molecule has 0 aromatic heterocycles. The van der Waals surface area contributed by atoms with Crippen LogP contribution in [-0.2, 0) is 19.2 Å². The zero-order chi connectivity index (χ0) is 18.9. The number of rotatable bonds is 12. The minimum Gasteiger partial charge on any atom is -0.454 e. The van der Waals surface area contributed by atoms with Crippen LogP contribution in [-0.4, -0.2) is 39.8 Å². The minimum atomic E-state index is -1.67. The van der Waals surface area contributed by atoms with Crippen molar-refractivity contribution >= 4 is 5.97 Å². The second-order valence-corrected chi connectivity index (χ2v) is 6.66. The third kappa shape index (κ3) is 5.45. The summed E-state index contributed by atoms with van der Waals surface area (Å²) >= 11 is 0. The third-order valence-corrected chi connectivity index (χ3v) is 4.07. The molecule has 0 aromatic rings. The van der Waals surface area contributed by atoms with Crippen molar-refractivity contribution in [2.24, 2.45) is 5.92 Å². The van der Waals surface area contributed by atoms with Crippen molar-refractivity contribution in [1.29, 1.82) is 0 Å². The number of hydrogen-bond acceptors (Lipinski definition) is 7. The van der Waals surface area contributed by atoms with Crippen LogP contribution < -0.4 is 0 Å². The number of unbranched alkanes of at least 4 members (excludes halogenated alkanes) is 4. The number of esters is 1. The molecule has 25 heavy (non-hydrogen) atoms. The summed E-state index contributed by atoms with van der Waals surface area (Å²) in [6.45, 7) is 5.18. The van der Waals surface area contributed by atoms with Crippen molar-refractivity contribution < 1.29 is 34.6 Å². The highest BCUT2D eigenvalue weighted by molar-refractivity contribution is 5.90. The first-order valence-electron chi connectivity index (χ1n) is 8.83. The molecule has 1 heterocycles. The summed E-state index contributed by atoms with van der Waals surface area (Å²) in [7, 11) is 0. The molecule has 2 atom stereocenters. The van der Waals surface area contributed by atoms with E-state index >= 15 is 0 Å². The van der Waals surface area contributed by atoms with Crippen molar-refractivity contribution in [3.8, 4) is 0 Å². The Bertz CT molecular complexity index is 484. The van der Waals surface area contributed by atoms with E-state index in [0.717, 1.165) is 25.7 Å². The van der Waals surface area contributed by atoms with Crippen molar-refractivity contribution in [3.05, 3.63) is 23.9 Å². The van der Waals surface area contributed by atoms with Crippen molar-refractivity contribution in [2.45, 2.75) is 71.0 Å². The summed E-state index contributed by atoms with van der Waals surface area (Å²) in [6.07, 6.45) is 7.09. The largest absolute Gasteiger partial charge is 0.454 e. The molecule has 0 amide bonds. The van der Waals surface area contributed by atoms with Gasteiger partial charge < -0.3 is 24.6 Å². The molecule has 0 saturated carbocycles. The maximum atomic E-state index is 12.1. The molecular formula is C18H30O7. The lowest BCUT2D eigenvalue weighted by Gasteiger charge is -2.33. The van der Waals surface area contributed by atoms with Gasteiger partial charge in [0.15, 0.2) is 0 Å². The molecule has 0 radical (unpaired) electrons. The van der Waals surface area contributed by atoms with Gasteiger partial charge in [0.2, 0.25) is 11.4 Å². The van der Waals surface area contributed by atoms with E-state index < -0.39 is 24.3 Å². The Morgan fingerprint density at radius 1 is 1.28 bits per heavy atom. The molecule has 1 aliphatic rings. The molecule has 1 rings (SSSR count). The summed E-state index contributed by atoms with van der Waals surface area (Å²) in [5, 5.41) is 28.7. The van der Waals surface area contributed by atoms with E-state index in [9.17, 15) is 20.3 Å². The molecule has 0 unspecified atom stereocenters. The smallest absolute Gasteiger partial charge is 0.379 e. The van der Waals surface area contributed by atoms with Crippen molar-refractivity contribution in [3.63, 3.8) is 0 Å². The minimum absolute atomic E-state index is 0.00684. The Morgan fingerprint density at radius 2 is 2.00 bits per heavy atom. The monoisotopic (exact) mass is 358 g/mol. The van der Waals surface area contributed by atoms with Crippen LogP contribution in [0.4, 0.5) is 0 Å². The number of carbonyl (C=O) groups is 1. The molecule has 1 aliphatic heterocycles. The van der Waals surface area contributed by atoms with Gasteiger partial charge in [-0.05, 0) is 31.3 Å². The normalized spacial score (nSPS) is 22.0. The predicted molar refractivity (Wildman–Crippen MR) is 91.1 cm³/mol. The average molecular weight is 358 g/mol. The van der Waals surface area contributed by atoms with Crippen LogP contribution in [0, 0.1) is 5.92 Å². The molecular weight excluding hydrogens is 328 g/mol. The number of ether oxygens (including phenoxy) is 2. The molecule has 144 valence electrons. The average Bonchev–Trinajstić information content (AvgIpc) is 2.84. The van der Waals surface area contributed by atoms with E-state index in [0.29, 0.717) is 0 Å². The number of aliphatic hydroxyl groups excluding tert-OH is 2. The highest BCUT2D eigenvalue weighted by Crippen LogP contribution is 2.41. The van der Waals surface area contributed by atoms with Gasteiger partial charge in [0.05, 0.1) is 12.9 Å². The van der Waals surface area contributed by atoms with Gasteiger partial charge in [-0.15, -0.1) is 0 Å². The lowest BCUT2D eigenvalue weighted by atomic mass is 9.86. The SMILES string of the molecule is CCCCCCC=COC1=C(OO)[C@@](CC(C)C)([C@@H](O)CO)OC1=O. The molecule has 0 saturated heterocycles. The highest BCUT2D eigenvalue weighted by atomic mass is 17.1. The van der Waals surface area contributed by atoms with E-state index in [1.54, 1.807) is 6.08 Å². The fourth-order valence-electron chi connectivity index (χ4n) is 2.88. The standard InChI is InChI=1S/C18H30O7/c1-4-5-6-7-8-9-10-23-15-16(25-22)18(11-13(2)3,14(20)12-19)24-17(15)21/h9-10,13-14,19-20,22H,4-8,11-12H2,1-3H3/t14-,18+/m0/s1. The fraction of sp³-hybridized carbons (Fsp3) is 0.722. The van der Waals surface area contributed by atoms with Gasteiger partial charge in [0.25, 0.3) is 5.76 Å². The zero-order valence-corrected chi connectivity index (χ0v) is 15.2. The third-order valence-electron chi connectivity index (χ3n) is 4.07. The van der Waals surface area contributed by atoms with Gasteiger partial charge in [0, 0.05) is 0 Å². The van der Waals surface area contributed by atoms with E-state index in [2.05, 4.69) is 11.8 Å². The Balaban J connectivity index is 2.90. The van der Waals surface area contributed by atoms with Gasteiger partial charge in [0.1, 0.15) is 6.10 Å². The number of aliphatic hydroxyl groups is 2. The summed E-state index contributed by atoms with van der Waals surface area (Å²) in [6, 6.07) is 0. The maximum absolute atomic E-state index is 12.1. The molecule has 0 fully saturated rings. The second-order valence-electron chi connectivity index (χ2n) is 6.66. The van der Waals surface area contributed by atoms with Crippen LogP contribution in [0.1, 0.15) is 59.3 Å². The Kier molecular flexibility index (Phi) is 8.96. The van der Waals surface area contributed by atoms with E-state index in [1.165, 1.54) is 12.7 Å². The van der Waals surface area contributed by atoms with Gasteiger partial charge in [-0.2, -0.15) is 0 Å². The molecule has 7 nitrogen and oxygen atoms in total. The van der Waals surface area contributed by atoms with Gasteiger partial charge in [-0.3, -0.25) is 0 Å². The Hall–Kier alpha value is -1.57. The van der Waals surface area contributed by atoms with Gasteiger partial charge in [-0.1, -0.05) is 40.0 Å². The Labute approximate surface area is 148 Å². The maximum Gasteiger partial charge on any atom is 0.379 e. The number of hydrogen-bond donors (Lipinski definition) is 3. The summed E-state index contributed by atoms with van der Waals surface area (Å²) in [4.78, 5) is 16.5. The van der Waals surface area contributed by atoms with Crippen molar-refractivity contribution in [2.75, 3.05) is 6.61 Å². The first-order valence-corrected chi connectivity index (χ1v) is 8.83. The number of carbonyl (C=O) groups excluding carboxylic acids is 1. The van der Waals surface area contributed by atoms with E-state index in [4.69, 9.17) is 9.47 Å². The number of allylic oxidation sites excluding steroid dienone is 1. The van der Waals surface area contributed by atoms with Crippen LogP contribution in [0.2, 0.25) is 0 Å². The van der Waals surface area contributed by atoms with E-state index in [1.807, 2.05) is 13.8 Å². The first-order chi connectivity index (χ1) is 11.9. The van der Waals surface area contributed by atoms with Gasteiger partial charge >= 0.3 is 5.97 Å². The topological polar surface area (TPSA) is 105 Å². The van der Waals surface area contributed by atoms with Crippen LogP contribution in [0.3, 0.4) is 0 Å². The van der Waals surface area contributed by atoms with E-state index in [-0.39, 0.29) is 23.9 Å². The molecule has 0 aromatic carbocycles. The molecule has 3 N–H and O–H groups in total. The van der Waals surface area contributed by atoms with Crippen molar-refractivity contribution in [1.82, 2.24) is 0 Å². The van der Waals surface area contributed by atoms with Crippen LogP contribution in [0.5, 0.6) is 0 Å². The molecule has 7 heteroatoms. The Morgan fingerprint density at radius 3 is 2.56 bits per heavy atom. The second kappa shape index (κ2) is 10.4. The molecule has 0 bridgehead atoms. The lowest BCUT2D eigenvalue weighted by Crippen LogP contribution is -2.48. The molecule has 0 spiro atoms. The fourth-order valence-corrected chi connectivity index (χ4v) is 2.88. The summed E-state index contributed by atoms with van der Waals surface area (Å²) < 4.78 is 10.6. The quantitative estimate of drug-likeness (QED) is 0.162. The number of cyclic esters (lactones) is 1. The van der Waals surface area contributed by atoms with Crippen LogP contribution in [0.15, 0.2) is 23.9 Å². The van der Waals surface area contributed by atoms with Gasteiger partial charge in [-0.25, -0.2) is 10.1 Å².